The van der Waals surface area contributed by atoms with Crippen LogP contribution >= 0.6 is 0 Å². The summed E-state index contributed by atoms with van der Waals surface area (Å²) in [4.78, 5) is 17.1. The molecule has 2 aromatic rings. The van der Waals surface area contributed by atoms with E-state index in [1.807, 2.05) is 30.3 Å². The van der Waals surface area contributed by atoms with Gasteiger partial charge < -0.3 is 10.4 Å². The summed E-state index contributed by atoms with van der Waals surface area (Å²) in [5.74, 6) is 1.74. The minimum absolute atomic E-state index is 0.0237. The van der Waals surface area contributed by atoms with E-state index in [9.17, 15) is 9.90 Å². The normalized spacial score (nSPS) is 18.4. The van der Waals surface area contributed by atoms with Crippen molar-refractivity contribution in [2.24, 2.45) is 5.92 Å². The number of aliphatic hydroxyl groups is 1. The lowest BCUT2D eigenvalue weighted by Gasteiger charge is -2.15. The Bertz CT molecular complexity index is 720. The van der Waals surface area contributed by atoms with E-state index in [-0.39, 0.29) is 24.4 Å². The first-order valence-corrected chi connectivity index (χ1v) is 8.70. The standard InChI is InChI=1S/C18H22N4O2/c23-11-10-15(12-6-7-12)19-18(24)16-20-17(13-8-9-13)22(21-16)14-4-2-1-3-5-14/h1-5,12-13,15,23H,6-11H2,(H,19,24). The molecule has 1 heterocycles. The summed E-state index contributed by atoms with van der Waals surface area (Å²) in [6.07, 6.45) is 5.02. The summed E-state index contributed by atoms with van der Waals surface area (Å²) >= 11 is 0. The molecule has 2 aliphatic carbocycles. The molecule has 6 nitrogen and oxygen atoms in total. The van der Waals surface area contributed by atoms with Crippen LogP contribution in [-0.4, -0.2) is 38.4 Å². The molecule has 0 saturated heterocycles. The summed E-state index contributed by atoms with van der Waals surface area (Å²) in [6, 6.07) is 9.84. The number of benzene rings is 1. The molecule has 0 bridgehead atoms. The second-order valence-electron chi connectivity index (χ2n) is 6.74. The predicted molar refractivity (Wildman–Crippen MR) is 89.0 cm³/mol. The molecule has 24 heavy (non-hydrogen) atoms. The number of aromatic nitrogens is 3. The minimum Gasteiger partial charge on any atom is -0.396 e. The van der Waals surface area contributed by atoms with Crippen LogP contribution in [0.3, 0.4) is 0 Å². The Morgan fingerprint density at radius 2 is 2.00 bits per heavy atom. The van der Waals surface area contributed by atoms with Crippen molar-refractivity contribution in [3.05, 3.63) is 42.0 Å². The SMILES string of the molecule is O=C(NC(CCO)C1CC1)c1nc(C2CC2)n(-c2ccccc2)n1. The monoisotopic (exact) mass is 326 g/mol. The van der Waals surface area contributed by atoms with E-state index >= 15 is 0 Å². The number of carbonyl (C=O) groups is 1. The summed E-state index contributed by atoms with van der Waals surface area (Å²) < 4.78 is 1.80. The van der Waals surface area contributed by atoms with Gasteiger partial charge in [0.25, 0.3) is 5.91 Å². The highest BCUT2D eigenvalue weighted by atomic mass is 16.3. The van der Waals surface area contributed by atoms with Crippen molar-refractivity contribution in [2.45, 2.75) is 44.1 Å². The van der Waals surface area contributed by atoms with E-state index in [4.69, 9.17) is 0 Å². The van der Waals surface area contributed by atoms with Gasteiger partial charge in [0.15, 0.2) is 0 Å². The molecule has 1 atom stereocenters. The van der Waals surface area contributed by atoms with Gasteiger partial charge in [-0.25, -0.2) is 9.67 Å². The zero-order chi connectivity index (χ0) is 16.5. The van der Waals surface area contributed by atoms with Gasteiger partial charge in [-0.15, -0.1) is 5.10 Å². The Morgan fingerprint density at radius 1 is 1.25 bits per heavy atom. The highest BCUT2D eigenvalue weighted by Crippen LogP contribution is 2.39. The number of amides is 1. The fraction of sp³-hybridized carbons (Fsp3) is 0.500. The van der Waals surface area contributed by atoms with E-state index in [1.54, 1.807) is 4.68 Å². The zero-order valence-corrected chi connectivity index (χ0v) is 13.6. The highest BCUT2D eigenvalue weighted by Gasteiger charge is 2.34. The quantitative estimate of drug-likeness (QED) is 0.816. The van der Waals surface area contributed by atoms with Gasteiger partial charge in [0.05, 0.1) is 5.69 Å². The number of hydrogen-bond acceptors (Lipinski definition) is 4. The lowest BCUT2D eigenvalue weighted by molar-refractivity contribution is 0.0913. The lowest BCUT2D eigenvalue weighted by Crippen LogP contribution is -2.37. The molecule has 4 rings (SSSR count). The molecule has 0 aliphatic heterocycles. The largest absolute Gasteiger partial charge is 0.396 e. The van der Waals surface area contributed by atoms with Gasteiger partial charge in [-0.2, -0.15) is 0 Å². The third-order valence-electron chi connectivity index (χ3n) is 4.73. The number of nitrogens with zero attached hydrogens (tertiary/aromatic N) is 3. The molecule has 6 heteroatoms. The van der Waals surface area contributed by atoms with Crippen molar-refractivity contribution in [3.63, 3.8) is 0 Å². The van der Waals surface area contributed by atoms with Gasteiger partial charge in [0, 0.05) is 18.6 Å². The zero-order valence-electron chi connectivity index (χ0n) is 13.6. The van der Waals surface area contributed by atoms with Crippen LogP contribution in [-0.2, 0) is 0 Å². The molecule has 1 aromatic heterocycles. The molecule has 2 fully saturated rings. The molecular weight excluding hydrogens is 304 g/mol. The van der Waals surface area contributed by atoms with Gasteiger partial charge >= 0.3 is 0 Å². The van der Waals surface area contributed by atoms with Crippen LogP contribution < -0.4 is 5.32 Å². The van der Waals surface area contributed by atoms with E-state index in [2.05, 4.69) is 15.4 Å². The Labute approximate surface area is 140 Å². The predicted octanol–water partition coefficient (Wildman–Crippen LogP) is 2.04. The van der Waals surface area contributed by atoms with Crippen LogP contribution in [0.5, 0.6) is 0 Å². The highest BCUT2D eigenvalue weighted by molar-refractivity contribution is 5.90. The molecule has 126 valence electrons. The Balaban J connectivity index is 1.58. The maximum Gasteiger partial charge on any atom is 0.291 e. The first-order chi connectivity index (χ1) is 11.8. The smallest absolute Gasteiger partial charge is 0.291 e. The Kier molecular flexibility index (Phi) is 4.06. The number of carbonyl (C=O) groups excluding carboxylic acids is 1. The first-order valence-electron chi connectivity index (χ1n) is 8.70. The summed E-state index contributed by atoms with van der Waals surface area (Å²) in [5.41, 5.74) is 0.931. The topological polar surface area (TPSA) is 80.0 Å². The van der Waals surface area contributed by atoms with E-state index < -0.39 is 0 Å². The molecule has 1 aromatic carbocycles. The molecule has 1 unspecified atom stereocenters. The average Bonchev–Trinajstić information content (AvgIpc) is 3.52. The lowest BCUT2D eigenvalue weighted by atomic mass is 10.1. The van der Waals surface area contributed by atoms with E-state index in [0.717, 1.165) is 37.2 Å². The van der Waals surface area contributed by atoms with Crippen LogP contribution in [0.4, 0.5) is 0 Å². The Morgan fingerprint density at radius 3 is 2.62 bits per heavy atom. The fourth-order valence-corrected chi connectivity index (χ4v) is 3.08. The van der Waals surface area contributed by atoms with E-state index in [1.165, 1.54) is 0 Å². The number of para-hydroxylation sites is 1. The van der Waals surface area contributed by atoms with Crippen LogP contribution in [0, 0.1) is 5.92 Å². The van der Waals surface area contributed by atoms with Crippen LogP contribution in [0.25, 0.3) is 5.69 Å². The number of hydrogen-bond donors (Lipinski definition) is 2. The second-order valence-corrected chi connectivity index (χ2v) is 6.74. The van der Waals surface area contributed by atoms with Crippen molar-refractivity contribution < 1.29 is 9.90 Å². The molecule has 2 N–H and O–H groups in total. The average molecular weight is 326 g/mol. The molecule has 0 radical (unpaired) electrons. The van der Waals surface area contributed by atoms with Crippen molar-refractivity contribution in [2.75, 3.05) is 6.61 Å². The van der Waals surface area contributed by atoms with Crippen LogP contribution in [0.2, 0.25) is 0 Å². The van der Waals surface area contributed by atoms with Crippen LogP contribution in [0.15, 0.2) is 30.3 Å². The van der Waals surface area contributed by atoms with Gasteiger partial charge in [-0.05, 0) is 50.2 Å². The van der Waals surface area contributed by atoms with Crippen molar-refractivity contribution >= 4 is 5.91 Å². The molecule has 2 aliphatic rings. The first kappa shape index (κ1) is 15.3. The second kappa shape index (κ2) is 6.36. The van der Waals surface area contributed by atoms with Crippen molar-refractivity contribution in [1.82, 2.24) is 20.1 Å². The third kappa shape index (κ3) is 3.19. The number of aliphatic hydroxyl groups excluding tert-OH is 1. The number of rotatable bonds is 7. The van der Waals surface area contributed by atoms with Gasteiger partial charge in [0.1, 0.15) is 5.82 Å². The molecule has 1 amide bonds. The van der Waals surface area contributed by atoms with Gasteiger partial charge in [0.2, 0.25) is 5.82 Å². The summed E-state index contributed by atoms with van der Waals surface area (Å²) in [6.45, 7) is 0.0840. The van der Waals surface area contributed by atoms with Gasteiger partial charge in [-0.3, -0.25) is 4.79 Å². The third-order valence-corrected chi connectivity index (χ3v) is 4.73. The molecular formula is C18H22N4O2. The molecule has 0 spiro atoms. The van der Waals surface area contributed by atoms with Crippen LogP contribution in [0.1, 0.15) is 54.5 Å². The number of nitrogens with one attached hydrogen (secondary N) is 1. The molecule has 2 saturated carbocycles. The Hall–Kier alpha value is -2.21. The fourth-order valence-electron chi connectivity index (χ4n) is 3.08. The minimum atomic E-state index is -0.239. The maximum atomic E-state index is 12.6. The summed E-state index contributed by atoms with van der Waals surface area (Å²) in [5, 5.41) is 16.7. The van der Waals surface area contributed by atoms with E-state index in [0.29, 0.717) is 18.3 Å². The maximum absolute atomic E-state index is 12.6. The van der Waals surface area contributed by atoms with Crippen molar-refractivity contribution in [1.29, 1.82) is 0 Å². The van der Waals surface area contributed by atoms with Gasteiger partial charge in [-0.1, -0.05) is 18.2 Å². The summed E-state index contributed by atoms with van der Waals surface area (Å²) in [7, 11) is 0. The van der Waals surface area contributed by atoms with Crippen molar-refractivity contribution in [3.8, 4) is 5.69 Å².